The maximum atomic E-state index is 9.06. The summed E-state index contributed by atoms with van der Waals surface area (Å²) >= 11 is 0. The summed E-state index contributed by atoms with van der Waals surface area (Å²) < 4.78 is 18.1. The van der Waals surface area contributed by atoms with E-state index in [1.165, 1.54) is 5.41 Å². The standard InChI is InChI=1S/C5H9NO2S/c6-4-5-2-1-3-9(5,7)8/h1-3,7-8H,4,6H2. The molecule has 0 bridgehead atoms. The third-order valence-corrected chi connectivity index (χ3v) is 2.75. The molecule has 0 atom stereocenters. The monoisotopic (exact) mass is 147 g/mol. The Morgan fingerprint density at radius 1 is 1.56 bits per heavy atom. The van der Waals surface area contributed by atoms with Gasteiger partial charge in [-0.05, 0) is 12.2 Å². The molecule has 0 aromatic rings. The number of hydrogen-bond donors (Lipinski definition) is 3. The van der Waals surface area contributed by atoms with Crippen LogP contribution in [0.5, 0.6) is 0 Å². The quantitative estimate of drug-likeness (QED) is 0.520. The lowest BCUT2D eigenvalue weighted by Crippen LogP contribution is -2.06. The summed E-state index contributed by atoms with van der Waals surface area (Å²) in [5.74, 6) is 0. The van der Waals surface area contributed by atoms with Crippen LogP contribution in [0.15, 0.2) is 22.5 Å². The van der Waals surface area contributed by atoms with Gasteiger partial charge in [0.25, 0.3) is 0 Å². The van der Waals surface area contributed by atoms with Crippen molar-refractivity contribution in [1.82, 2.24) is 0 Å². The second kappa shape index (κ2) is 2.15. The fourth-order valence-electron chi connectivity index (χ4n) is 0.634. The Labute approximate surface area is 55.2 Å². The van der Waals surface area contributed by atoms with Crippen molar-refractivity contribution in [1.29, 1.82) is 0 Å². The van der Waals surface area contributed by atoms with E-state index in [4.69, 9.17) is 14.8 Å². The summed E-state index contributed by atoms with van der Waals surface area (Å²) in [5, 5.41) is 1.37. The van der Waals surface area contributed by atoms with Crippen molar-refractivity contribution in [2.75, 3.05) is 6.54 Å². The third kappa shape index (κ3) is 1.16. The van der Waals surface area contributed by atoms with Crippen LogP contribution in [0.25, 0.3) is 0 Å². The fourth-order valence-corrected chi connectivity index (χ4v) is 1.63. The second-order valence-corrected chi connectivity index (χ2v) is 3.74. The normalized spacial score (nSPS) is 25.9. The molecule has 9 heavy (non-hydrogen) atoms. The predicted molar refractivity (Wildman–Crippen MR) is 39.1 cm³/mol. The van der Waals surface area contributed by atoms with Gasteiger partial charge in [0.15, 0.2) is 0 Å². The third-order valence-electron chi connectivity index (χ3n) is 1.14. The van der Waals surface area contributed by atoms with Crippen LogP contribution in [-0.4, -0.2) is 15.7 Å². The zero-order valence-corrected chi connectivity index (χ0v) is 5.64. The highest BCUT2D eigenvalue weighted by molar-refractivity contribution is 8.30. The average Bonchev–Trinajstić information content (AvgIpc) is 2.08. The van der Waals surface area contributed by atoms with Gasteiger partial charge >= 0.3 is 0 Å². The van der Waals surface area contributed by atoms with E-state index in [1.807, 2.05) is 0 Å². The average molecular weight is 147 g/mol. The molecule has 0 unspecified atom stereocenters. The fraction of sp³-hybridized carbons (Fsp3) is 0.200. The van der Waals surface area contributed by atoms with Gasteiger partial charge in [-0.25, -0.2) is 0 Å². The van der Waals surface area contributed by atoms with Gasteiger partial charge in [0.05, 0.1) is 4.91 Å². The maximum absolute atomic E-state index is 9.06. The summed E-state index contributed by atoms with van der Waals surface area (Å²) in [6.07, 6.45) is 3.24. The van der Waals surface area contributed by atoms with Crippen LogP contribution >= 0.6 is 10.6 Å². The Morgan fingerprint density at radius 2 is 2.22 bits per heavy atom. The van der Waals surface area contributed by atoms with Crippen molar-refractivity contribution in [3.05, 3.63) is 22.5 Å². The predicted octanol–water partition coefficient (Wildman–Crippen LogP) is 1.11. The molecular weight excluding hydrogens is 138 g/mol. The number of nitrogens with two attached hydrogens (primary N) is 1. The van der Waals surface area contributed by atoms with E-state index in [0.717, 1.165) is 0 Å². The smallest absolute Gasteiger partial charge is 0.0541 e. The van der Waals surface area contributed by atoms with Crippen LogP contribution in [0.4, 0.5) is 0 Å². The van der Waals surface area contributed by atoms with Gasteiger partial charge < -0.3 is 5.73 Å². The molecule has 0 radical (unpaired) electrons. The zero-order chi connectivity index (χ0) is 6.91. The van der Waals surface area contributed by atoms with E-state index in [-0.39, 0.29) is 6.54 Å². The Hall–Kier alpha value is -0.290. The topological polar surface area (TPSA) is 66.5 Å². The van der Waals surface area contributed by atoms with Crippen LogP contribution < -0.4 is 5.73 Å². The first-order chi connectivity index (χ1) is 4.17. The van der Waals surface area contributed by atoms with Crippen LogP contribution in [0, 0.1) is 0 Å². The molecule has 0 amide bonds. The molecule has 1 heterocycles. The largest absolute Gasteiger partial charge is 0.325 e. The molecule has 4 N–H and O–H groups in total. The van der Waals surface area contributed by atoms with E-state index in [1.54, 1.807) is 12.2 Å². The Bertz CT molecular complexity index is 174. The maximum Gasteiger partial charge on any atom is 0.0541 e. The molecule has 0 aromatic carbocycles. The summed E-state index contributed by atoms with van der Waals surface area (Å²) in [5.41, 5.74) is 5.20. The number of rotatable bonds is 1. The van der Waals surface area contributed by atoms with Gasteiger partial charge in [-0.2, -0.15) is 10.6 Å². The summed E-state index contributed by atoms with van der Waals surface area (Å²) in [7, 11) is -2.58. The van der Waals surface area contributed by atoms with Crippen molar-refractivity contribution in [2.24, 2.45) is 5.73 Å². The first-order valence-corrected chi connectivity index (χ1v) is 4.13. The van der Waals surface area contributed by atoms with E-state index in [2.05, 4.69) is 0 Å². The van der Waals surface area contributed by atoms with Crippen molar-refractivity contribution in [3.63, 3.8) is 0 Å². The van der Waals surface area contributed by atoms with Gasteiger partial charge in [0, 0.05) is 12.0 Å². The minimum Gasteiger partial charge on any atom is -0.325 e. The lowest BCUT2D eigenvalue weighted by molar-refractivity contribution is 0.508. The van der Waals surface area contributed by atoms with Crippen molar-refractivity contribution < 1.29 is 9.11 Å². The molecule has 1 rings (SSSR count). The molecule has 0 saturated heterocycles. The van der Waals surface area contributed by atoms with Crippen LogP contribution in [0.1, 0.15) is 0 Å². The zero-order valence-electron chi connectivity index (χ0n) is 4.82. The summed E-state index contributed by atoms with van der Waals surface area (Å²) in [6.45, 7) is 0.218. The van der Waals surface area contributed by atoms with Gasteiger partial charge in [0.2, 0.25) is 0 Å². The lowest BCUT2D eigenvalue weighted by Gasteiger charge is -2.26. The van der Waals surface area contributed by atoms with E-state index in [9.17, 15) is 0 Å². The summed E-state index contributed by atoms with van der Waals surface area (Å²) in [4.78, 5) is 0.516. The minimum atomic E-state index is -2.58. The second-order valence-electron chi connectivity index (χ2n) is 1.76. The van der Waals surface area contributed by atoms with Gasteiger partial charge in [0.1, 0.15) is 0 Å². The highest BCUT2D eigenvalue weighted by Crippen LogP contribution is 2.51. The molecule has 0 spiro atoms. The van der Waals surface area contributed by atoms with E-state index in [0.29, 0.717) is 4.91 Å². The first-order valence-electron chi connectivity index (χ1n) is 2.52. The molecule has 0 fully saturated rings. The highest BCUT2D eigenvalue weighted by atomic mass is 32.3. The van der Waals surface area contributed by atoms with Gasteiger partial charge in [-0.15, -0.1) is 0 Å². The molecule has 0 aromatic heterocycles. The minimum absolute atomic E-state index is 0.218. The van der Waals surface area contributed by atoms with E-state index >= 15 is 0 Å². The van der Waals surface area contributed by atoms with Crippen LogP contribution in [-0.2, 0) is 0 Å². The number of allylic oxidation sites excluding steroid dienone is 2. The first kappa shape index (κ1) is 6.82. The van der Waals surface area contributed by atoms with Crippen molar-refractivity contribution in [2.45, 2.75) is 0 Å². The Balaban J connectivity index is 2.78. The molecule has 0 aliphatic carbocycles. The van der Waals surface area contributed by atoms with Crippen molar-refractivity contribution >= 4 is 10.6 Å². The molecular formula is C5H9NO2S. The SMILES string of the molecule is NCC1=CC=CS1(O)O. The van der Waals surface area contributed by atoms with Crippen LogP contribution in [0.3, 0.4) is 0 Å². The molecule has 4 heteroatoms. The number of hydrogen-bond acceptors (Lipinski definition) is 3. The Morgan fingerprint density at radius 3 is 2.44 bits per heavy atom. The lowest BCUT2D eigenvalue weighted by atomic mass is 10.5. The molecule has 1 aliphatic heterocycles. The van der Waals surface area contributed by atoms with Gasteiger partial charge in [-0.1, -0.05) is 0 Å². The Kier molecular flexibility index (Phi) is 1.63. The molecule has 3 nitrogen and oxygen atoms in total. The highest BCUT2D eigenvalue weighted by Gasteiger charge is 2.16. The molecule has 0 saturated carbocycles. The molecule has 1 aliphatic rings. The van der Waals surface area contributed by atoms with Gasteiger partial charge in [-0.3, -0.25) is 9.11 Å². The van der Waals surface area contributed by atoms with E-state index < -0.39 is 10.6 Å². The molecule has 52 valence electrons. The van der Waals surface area contributed by atoms with Crippen molar-refractivity contribution in [3.8, 4) is 0 Å². The van der Waals surface area contributed by atoms with Crippen LogP contribution in [0.2, 0.25) is 0 Å². The summed E-state index contributed by atoms with van der Waals surface area (Å²) in [6, 6.07) is 0.